The fourth-order valence-corrected chi connectivity index (χ4v) is 1.03. The number of hydrogen-bond donors (Lipinski definition) is 0. The number of ether oxygens (including phenoxy) is 1. The maximum absolute atomic E-state index is 12.9. The molecule has 0 N–H and O–H groups in total. The van der Waals surface area contributed by atoms with E-state index in [0.29, 0.717) is 12.4 Å². The Hall–Kier alpha value is -1.74. The zero-order valence-electron chi connectivity index (χ0n) is 9.57. The Bertz CT molecular complexity index is 420. The van der Waals surface area contributed by atoms with Gasteiger partial charge in [0.05, 0.1) is 12.3 Å². The average Bonchev–Trinajstić information content (AvgIpc) is 2.15. The predicted octanol–water partition coefficient (Wildman–Crippen LogP) is 4.19. The molecule has 86 valence electrons. The summed E-state index contributed by atoms with van der Waals surface area (Å²) in [4.78, 5) is 2.63. The van der Waals surface area contributed by atoms with E-state index in [4.69, 9.17) is 10.3 Å². The lowest BCUT2D eigenvalue weighted by Gasteiger charge is -2.19. The van der Waals surface area contributed by atoms with Crippen molar-refractivity contribution < 1.29 is 9.13 Å². The first-order valence-corrected chi connectivity index (χ1v) is 4.90. The van der Waals surface area contributed by atoms with Crippen molar-refractivity contribution in [1.82, 2.24) is 0 Å². The van der Waals surface area contributed by atoms with Crippen LogP contribution in [-0.4, -0.2) is 6.61 Å². The van der Waals surface area contributed by atoms with Crippen molar-refractivity contribution in [3.63, 3.8) is 0 Å². The van der Waals surface area contributed by atoms with Gasteiger partial charge in [0, 0.05) is 4.91 Å². The van der Waals surface area contributed by atoms with E-state index in [0.717, 1.165) is 6.07 Å². The number of azide groups is 1. The normalized spacial score (nSPS) is 10.8. The second kappa shape index (κ2) is 4.86. The zero-order chi connectivity index (χ0) is 12.2. The molecule has 0 fully saturated rings. The first kappa shape index (κ1) is 12.3. The molecule has 0 unspecified atom stereocenters. The molecule has 0 radical (unpaired) electrons. The predicted molar refractivity (Wildman–Crippen MR) is 60.2 cm³/mol. The molecule has 0 heterocycles. The van der Waals surface area contributed by atoms with Gasteiger partial charge in [-0.3, -0.25) is 0 Å². The van der Waals surface area contributed by atoms with Gasteiger partial charge in [-0.15, -0.1) is 0 Å². The summed E-state index contributed by atoms with van der Waals surface area (Å²) in [6.07, 6.45) is 0. The number of nitrogens with zero attached hydrogens (tertiary/aromatic N) is 3. The third-order valence-corrected chi connectivity index (χ3v) is 1.73. The van der Waals surface area contributed by atoms with E-state index in [-0.39, 0.29) is 11.1 Å². The van der Waals surface area contributed by atoms with Gasteiger partial charge in [-0.2, -0.15) is 0 Å². The third kappa shape index (κ3) is 3.79. The van der Waals surface area contributed by atoms with Gasteiger partial charge in [0.2, 0.25) is 0 Å². The van der Waals surface area contributed by atoms with Crippen molar-refractivity contribution in [2.75, 3.05) is 6.61 Å². The minimum atomic E-state index is -0.453. The van der Waals surface area contributed by atoms with Gasteiger partial charge in [-0.25, -0.2) is 4.39 Å². The van der Waals surface area contributed by atoms with Gasteiger partial charge < -0.3 is 4.74 Å². The van der Waals surface area contributed by atoms with Crippen LogP contribution in [0.25, 0.3) is 10.4 Å². The molecule has 0 aliphatic carbocycles. The molecule has 0 aliphatic rings. The Morgan fingerprint density at radius 3 is 2.69 bits per heavy atom. The largest absolute Gasteiger partial charge is 0.493 e. The van der Waals surface area contributed by atoms with E-state index >= 15 is 0 Å². The average molecular weight is 223 g/mol. The lowest BCUT2D eigenvalue weighted by Crippen LogP contribution is -2.16. The summed E-state index contributed by atoms with van der Waals surface area (Å²) in [5, 5.41) is 3.38. The fourth-order valence-electron chi connectivity index (χ4n) is 1.03. The molecular weight excluding hydrogens is 209 g/mol. The number of benzene rings is 1. The van der Waals surface area contributed by atoms with Crippen LogP contribution in [0.3, 0.4) is 0 Å². The van der Waals surface area contributed by atoms with Crippen molar-refractivity contribution >= 4 is 5.69 Å². The van der Waals surface area contributed by atoms with Crippen molar-refractivity contribution in [3.05, 3.63) is 34.5 Å². The summed E-state index contributed by atoms with van der Waals surface area (Å²) in [7, 11) is 0. The van der Waals surface area contributed by atoms with Crippen LogP contribution in [0, 0.1) is 11.2 Å². The van der Waals surface area contributed by atoms with Crippen LogP contribution in [0.2, 0.25) is 0 Å². The standard InChI is InChI=1S/C11H14FN3O/c1-11(2,3)7-16-10-5-4-8(12)6-9(10)14-15-13/h4-6H,7H2,1-3H3. The third-order valence-electron chi connectivity index (χ3n) is 1.73. The summed E-state index contributed by atoms with van der Waals surface area (Å²) in [6.45, 7) is 6.52. The van der Waals surface area contributed by atoms with Crippen LogP contribution >= 0.6 is 0 Å². The number of hydrogen-bond acceptors (Lipinski definition) is 2. The minimum absolute atomic E-state index is 0.0119. The Morgan fingerprint density at radius 2 is 2.12 bits per heavy atom. The first-order valence-electron chi connectivity index (χ1n) is 4.90. The van der Waals surface area contributed by atoms with Crippen LogP contribution < -0.4 is 4.74 Å². The number of halogens is 1. The molecule has 0 saturated carbocycles. The van der Waals surface area contributed by atoms with E-state index in [9.17, 15) is 4.39 Å². The molecule has 16 heavy (non-hydrogen) atoms. The summed E-state index contributed by atoms with van der Waals surface area (Å²) in [6, 6.07) is 3.89. The number of rotatable bonds is 3. The van der Waals surface area contributed by atoms with Gasteiger partial charge in [-0.05, 0) is 29.1 Å². The van der Waals surface area contributed by atoms with Gasteiger partial charge in [0.1, 0.15) is 11.6 Å². The molecule has 0 saturated heterocycles. The van der Waals surface area contributed by atoms with Crippen LogP contribution in [0.5, 0.6) is 5.75 Å². The van der Waals surface area contributed by atoms with Crippen molar-refractivity contribution in [3.8, 4) is 5.75 Å². The summed E-state index contributed by atoms with van der Waals surface area (Å²) in [5.74, 6) is -0.0559. The summed E-state index contributed by atoms with van der Waals surface area (Å²) < 4.78 is 18.4. The van der Waals surface area contributed by atoms with E-state index in [1.807, 2.05) is 20.8 Å². The lowest BCUT2D eigenvalue weighted by atomic mass is 9.99. The van der Waals surface area contributed by atoms with Crippen molar-refractivity contribution in [2.24, 2.45) is 10.5 Å². The van der Waals surface area contributed by atoms with E-state index < -0.39 is 5.82 Å². The Labute approximate surface area is 93.7 Å². The van der Waals surface area contributed by atoms with E-state index in [1.165, 1.54) is 12.1 Å². The highest BCUT2D eigenvalue weighted by atomic mass is 19.1. The summed E-state index contributed by atoms with van der Waals surface area (Å²) >= 11 is 0. The maximum Gasteiger partial charge on any atom is 0.129 e. The molecule has 0 aliphatic heterocycles. The summed E-state index contributed by atoms with van der Waals surface area (Å²) in [5.41, 5.74) is 8.50. The van der Waals surface area contributed by atoms with Gasteiger partial charge in [0.15, 0.2) is 0 Å². The molecule has 1 aromatic carbocycles. The minimum Gasteiger partial charge on any atom is -0.493 e. The molecule has 4 nitrogen and oxygen atoms in total. The Kier molecular flexibility index (Phi) is 3.74. The smallest absolute Gasteiger partial charge is 0.129 e. The molecule has 5 heteroatoms. The Balaban J connectivity index is 2.91. The molecule has 1 aromatic rings. The van der Waals surface area contributed by atoms with Crippen LogP contribution in [0.15, 0.2) is 23.3 Å². The maximum atomic E-state index is 12.9. The van der Waals surface area contributed by atoms with Gasteiger partial charge in [0.25, 0.3) is 0 Å². The fraction of sp³-hybridized carbons (Fsp3) is 0.455. The van der Waals surface area contributed by atoms with E-state index in [2.05, 4.69) is 10.0 Å². The quantitative estimate of drug-likeness (QED) is 0.430. The Morgan fingerprint density at radius 1 is 1.44 bits per heavy atom. The first-order chi connectivity index (χ1) is 7.42. The second-order valence-corrected chi connectivity index (χ2v) is 4.65. The van der Waals surface area contributed by atoms with Crippen molar-refractivity contribution in [2.45, 2.75) is 20.8 Å². The molecule has 0 bridgehead atoms. The van der Waals surface area contributed by atoms with Gasteiger partial charge >= 0.3 is 0 Å². The van der Waals surface area contributed by atoms with Crippen LogP contribution in [0.1, 0.15) is 20.8 Å². The molecule has 0 amide bonds. The highest BCUT2D eigenvalue weighted by molar-refractivity contribution is 5.51. The monoisotopic (exact) mass is 223 g/mol. The van der Waals surface area contributed by atoms with Crippen LogP contribution in [-0.2, 0) is 0 Å². The molecule has 0 spiro atoms. The molecular formula is C11H14FN3O. The topological polar surface area (TPSA) is 58.0 Å². The van der Waals surface area contributed by atoms with E-state index in [1.54, 1.807) is 0 Å². The molecule has 0 atom stereocenters. The second-order valence-electron chi connectivity index (χ2n) is 4.65. The van der Waals surface area contributed by atoms with Gasteiger partial charge in [-0.1, -0.05) is 25.9 Å². The lowest BCUT2D eigenvalue weighted by molar-refractivity contribution is 0.198. The zero-order valence-corrected chi connectivity index (χ0v) is 9.57. The molecule has 0 aromatic heterocycles. The van der Waals surface area contributed by atoms with Crippen molar-refractivity contribution in [1.29, 1.82) is 0 Å². The van der Waals surface area contributed by atoms with Crippen LogP contribution in [0.4, 0.5) is 10.1 Å². The SMILES string of the molecule is CC(C)(C)COc1ccc(F)cc1N=[N+]=[N-]. The highest BCUT2D eigenvalue weighted by Crippen LogP contribution is 2.29. The highest BCUT2D eigenvalue weighted by Gasteiger charge is 2.12. The molecule has 1 rings (SSSR count).